The van der Waals surface area contributed by atoms with Crippen LogP contribution in [0.5, 0.6) is 5.75 Å². The first-order valence-electron chi connectivity index (χ1n) is 6.21. The molecule has 0 atom stereocenters. The van der Waals surface area contributed by atoms with Crippen LogP contribution in [0.4, 0.5) is 5.13 Å². The lowest BCUT2D eigenvalue weighted by Gasteiger charge is -2.10. The molecular weight excluding hydrogens is 360 g/mol. The predicted octanol–water partition coefficient (Wildman–Crippen LogP) is 1.43. The van der Waals surface area contributed by atoms with Crippen LogP contribution in [0.1, 0.15) is 10.4 Å². The summed E-state index contributed by atoms with van der Waals surface area (Å²) in [4.78, 5) is 11.8. The first-order chi connectivity index (χ1) is 10.9. The van der Waals surface area contributed by atoms with Crippen LogP contribution in [0.3, 0.4) is 0 Å². The molecule has 8 nitrogen and oxygen atoms in total. The van der Waals surface area contributed by atoms with Gasteiger partial charge >= 0.3 is 0 Å². The van der Waals surface area contributed by atoms with E-state index in [9.17, 15) is 13.2 Å². The van der Waals surface area contributed by atoms with Gasteiger partial charge in [0.25, 0.3) is 15.9 Å². The van der Waals surface area contributed by atoms with Gasteiger partial charge < -0.3 is 10.1 Å². The molecule has 0 fully saturated rings. The second-order valence-corrected chi connectivity index (χ2v) is 7.84. The molecule has 1 heterocycles. The van der Waals surface area contributed by atoms with Gasteiger partial charge in [-0.15, -0.1) is 10.2 Å². The number of carbonyl (C=O) groups excluding carboxylic acids is 1. The van der Waals surface area contributed by atoms with Crippen LogP contribution in [-0.2, 0) is 10.0 Å². The second kappa shape index (κ2) is 7.15. The Kier molecular flexibility index (Phi) is 5.44. The molecule has 0 bridgehead atoms. The van der Waals surface area contributed by atoms with Gasteiger partial charge in [0.1, 0.15) is 5.75 Å². The van der Waals surface area contributed by atoms with E-state index in [1.807, 2.05) is 6.26 Å². The molecule has 1 aromatic carbocycles. The summed E-state index contributed by atoms with van der Waals surface area (Å²) in [6, 6.07) is 4.02. The van der Waals surface area contributed by atoms with Crippen molar-refractivity contribution in [3.63, 3.8) is 0 Å². The highest BCUT2D eigenvalue weighted by Crippen LogP contribution is 2.27. The van der Waals surface area contributed by atoms with Gasteiger partial charge in [0.05, 0.1) is 17.6 Å². The van der Waals surface area contributed by atoms with Crippen molar-refractivity contribution >= 4 is 44.2 Å². The molecule has 1 aromatic heterocycles. The average Bonchev–Trinajstić information content (AvgIpc) is 3.00. The van der Waals surface area contributed by atoms with Crippen LogP contribution in [0.25, 0.3) is 0 Å². The minimum Gasteiger partial charge on any atom is -0.496 e. The molecule has 1 amide bonds. The average molecular weight is 374 g/mol. The van der Waals surface area contributed by atoms with E-state index < -0.39 is 15.9 Å². The van der Waals surface area contributed by atoms with Gasteiger partial charge in [0.2, 0.25) is 5.13 Å². The maximum Gasteiger partial charge on any atom is 0.263 e. The van der Waals surface area contributed by atoms with Crippen LogP contribution < -0.4 is 14.8 Å². The lowest BCUT2D eigenvalue weighted by Crippen LogP contribution is -2.20. The van der Waals surface area contributed by atoms with E-state index >= 15 is 0 Å². The Morgan fingerprint density at radius 3 is 2.65 bits per heavy atom. The van der Waals surface area contributed by atoms with E-state index in [1.165, 1.54) is 44.1 Å². The molecule has 23 heavy (non-hydrogen) atoms. The number of hydrogen-bond donors (Lipinski definition) is 2. The fourth-order valence-corrected chi connectivity index (χ4v) is 4.10. The number of anilines is 1. The normalized spacial score (nSPS) is 11.1. The van der Waals surface area contributed by atoms with Gasteiger partial charge in [0.15, 0.2) is 4.34 Å². The Balaban J connectivity index is 2.37. The molecular formula is C12H14N4O4S3. The highest BCUT2D eigenvalue weighted by Gasteiger charge is 2.21. The van der Waals surface area contributed by atoms with E-state index in [2.05, 4.69) is 20.2 Å². The number of aromatic nitrogens is 2. The van der Waals surface area contributed by atoms with Crippen molar-refractivity contribution < 1.29 is 17.9 Å². The molecule has 0 unspecified atom stereocenters. The lowest BCUT2D eigenvalue weighted by atomic mass is 10.2. The van der Waals surface area contributed by atoms with Crippen LogP contribution in [-0.4, -0.2) is 44.9 Å². The Morgan fingerprint density at radius 1 is 1.35 bits per heavy atom. The van der Waals surface area contributed by atoms with Gasteiger partial charge in [-0.05, 0) is 24.5 Å². The minimum atomic E-state index is -3.88. The van der Waals surface area contributed by atoms with E-state index in [-0.39, 0.29) is 21.3 Å². The number of methoxy groups -OCH3 is 1. The fourth-order valence-electron chi connectivity index (χ4n) is 1.67. The summed E-state index contributed by atoms with van der Waals surface area (Å²) in [5, 5.41) is 10.2. The summed E-state index contributed by atoms with van der Waals surface area (Å²) < 4.78 is 32.9. The maximum atomic E-state index is 12.4. The Bertz CT molecular complexity index is 819. The van der Waals surface area contributed by atoms with Gasteiger partial charge in [-0.3, -0.25) is 9.52 Å². The molecule has 2 rings (SSSR count). The third-order valence-corrected chi connectivity index (χ3v) is 6.04. The third-order valence-electron chi connectivity index (χ3n) is 2.76. The minimum absolute atomic E-state index is 0.0715. The standard InChI is InChI=1S/C12H14N4O4S3/c1-13-10(17)8-6-7(4-5-9(8)20-2)23(18,19)16-11-14-15-12(21-3)22-11/h4-6H,1-3H3,(H,13,17)(H,14,16). The molecule has 0 spiro atoms. The van der Waals surface area contributed by atoms with Crippen molar-refractivity contribution in [2.45, 2.75) is 9.24 Å². The van der Waals surface area contributed by atoms with Gasteiger partial charge in [0, 0.05) is 7.05 Å². The zero-order chi connectivity index (χ0) is 17.0. The van der Waals surface area contributed by atoms with Crippen molar-refractivity contribution in [2.24, 2.45) is 0 Å². The number of rotatable bonds is 6. The fraction of sp³-hybridized carbons (Fsp3) is 0.250. The maximum absolute atomic E-state index is 12.4. The van der Waals surface area contributed by atoms with E-state index in [4.69, 9.17) is 4.74 Å². The summed E-state index contributed by atoms with van der Waals surface area (Å²) in [6.07, 6.45) is 1.82. The highest BCUT2D eigenvalue weighted by atomic mass is 32.2. The molecule has 0 aliphatic carbocycles. The number of amides is 1. The zero-order valence-electron chi connectivity index (χ0n) is 12.5. The molecule has 124 valence electrons. The highest BCUT2D eigenvalue weighted by molar-refractivity contribution is 8.00. The Labute approximate surface area is 141 Å². The van der Waals surface area contributed by atoms with Gasteiger partial charge in [-0.2, -0.15) is 0 Å². The molecule has 11 heteroatoms. The molecule has 0 aliphatic heterocycles. The first-order valence-corrected chi connectivity index (χ1v) is 9.74. The van der Waals surface area contributed by atoms with Crippen LogP contribution in [0, 0.1) is 0 Å². The van der Waals surface area contributed by atoms with Crippen LogP contribution in [0.2, 0.25) is 0 Å². The summed E-state index contributed by atoms with van der Waals surface area (Å²) in [5.41, 5.74) is 0.125. The SMILES string of the molecule is CNC(=O)c1cc(S(=O)(=O)Nc2nnc(SC)s2)ccc1OC. The van der Waals surface area contributed by atoms with Crippen molar-refractivity contribution in [1.29, 1.82) is 0 Å². The van der Waals surface area contributed by atoms with Crippen molar-refractivity contribution in [1.82, 2.24) is 15.5 Å². The number of thioether (sulfide) groups is 1. The first kappa shape index (κ1) is 17.5. The van der Waals surface area contributed by atoms with E-state index in [0.29, 0.717) is 4.34 Å². The monoisotopic (exact) mass is 374 g/mol. The van der Waals surface area contributed by atoms with Crippen molar-refractivity contribution in [3.05, 3.63) is 23.8 Å². The van der Waals surface area contributed by atoms with Gasteiger partial charge in [-0.1, -0.05) is 23.1 Å². The smallest absolute Gasteiger partial charge is 0.263 e. The molecule has 0 radical (unpaired) electrons. The summed E-state index contributed by atoms with van der Waals surface area (Å²) in [6.45, 7) is 0. The van der Waals surface area contributed by atoms with Crippen LogP contribution >= 0.6 is 23.1 Å². The molecule has 0 saturated carbocycles. The quantitative estimate of drug-likeness (QED) is 0.736. The number of carbonyl (C=O) groups is 1. The van der Waals surface area contributed by atoms with Gasteiger partial charge in [-0.25, -0.2) is 8.42 Å². The number of nitrogens with zero attached hydrogens (tertiary/aromatic N) is 2. The molecule has 2 aromatic rings. The number of sulfonamides is 1. The second-order valence-electron chi connectivity index (χ2n) is 4.12. The van der Waals surface area contributed by atoms with Crippen LogP contribution in [0.15, 0.2) is 27.4 Å². The van der Waals surface area contributed by atoms with Crippen molar-refractivity contribution in [3.8, 4) is 5.75 Å². The predicted molar refractivity (Wildman–Crippen MR) is 88.9 cm³/mol. The summed E-state index contributed by atoms with van der Waals surface area (Å²) >= 11 is 2.49. The zero-order valence-corrected chi connectivity index (χ0v) is 14.9. The largest absolute Gasteiger partial charge is 0.496 e. The van der Waals surface area contributed by atoms with E-state index in [0.717, 1.165) is 11.3 Å². The molecule has 2 N–H and O–H groups in total. The summed E-state index contributed by atoms with van der Waals surface area (Å²) in [5.74, 6) is -0.164. The number of benzene rings is 1. The lowest BCUT2D eigenvalue weighted by molar-refractivity contribution is 0.0960. The number of hydrogen-bond acceptors (Lipinski definition) is 8. The van der Waals surface area contributed by atoms with Crippen molar-refractivity contribution in [2.75, 3.05) is 25.1 Å². The molecule has 0 aliphatic rings. The summed E-state index contributed by atoms with van der Waals surface area (Å²) in [7, 11) is -1.03. The van der Waals surface area contributed by atoms with E-state index in [1.54, 1.807) is 0 Å². The Hall–Kier alpha value is -1.85. The third kappa shape index (κ3) is 3.92. The molecule has 0 saturated heterocycles. The topological polar surface area (TPSA) is 110 Å². The Morgan fingerprint density at radius 2 is 2.09 bits per heavy atom. The number of ether oxygens (including phenoxy) is 1. The number of nitrogens with one attached hydrogen (secondary N) is 2.